The van der Waals surface area contributed by atoms with E-state index in [0.29, 0.717) is 10.9 Å². The molecule has 1 atom stereocenters. The maximum absolute atomic E-state index is 13.2. The number of aromatic nitrogens is 2. The van der Waals surface area contributed by atoms with E-state index in [9.17, 15) is 19.1 Å². The fourth-order valence-corrected chi connectivity index (χ4v) is 3.16. The van der Waals surface area contributed by atoms with Gasteiger partial charge < -0.3 is 15.2 Å². The smallest absolute Gasteiger partial charge is 0.328 e. The van der Waals surface area contributed by atoms with Gasteiger partial charge in [0.05, 0.1) is 19.2 Å². The van der Waals surface area contributed by atoms with Crippen LogP contribution in [-0.2, 0) is 16.1 Å². The number of hydrogen-bond acceptors (Lipinski definition) is 5. The van der Waals surface area contributed by atoms with Gasteiger partial charge in [0.2, 0.25) is 0 Å². The lowest BCUT2D eigenvalue weighted by molar-refractivity contribution is -0.145. The zero-order valence-electron chi connectivity index (χ0n) is 17.3. The molecule has 2 aromatic carbocycles. The minimum atomic E-state index is -0.871. The minimum absolute atomic E-state index is 0.0249. The summed E-state index contributed by atoms with van der Waals surface area (Å²) in [7, 11) is 1.27. The Kier molecular flexibility index (Phi) is 5.78. The molecule has 0 aliphatic heterocycles. The molecule has 30 heavy (non-hydrogen) atoms. The molecule has 1 amide bonds. The van der Waals surface area contributed by atoms with Crippen LogP contribution in [0.1, 0.15) is 36.8 Å². The SMILES string of the molecule is COC(=O)C(NC(=O)c1nn(Cc2ccc(F)cc2)c2cc(O)ccc12)C(C)(C)C. The van der Waals surface area contributed by atoms with Crippen molar-refractivity contribution in [3.63, 3.8) is 0 Å². The van der Waals surface area contributed by atoms with Crippen molar-refractivity contribution in [1.82, 2.24) is 15.1 Å². The molecule has 0 spiro atoms. The monoisotopic (exact) mass is 413 g/mol. The number of rotatable bonds is 5. The average molecular weight is 413 g/mol. The summed E-state index contributed by atoms with van der Waals surface area (Å²) in [5.41, 5.74) is 0.853. The van der Waals surface area contributed by atoms with Crippen molar-refractivity contribution in [2.75, 3.05) is 7.11 Å². The van der Waals surface area contributed by atoms with Crippen LogP contribution < -0.4 is 5.32 Å². The van der Waals surface area contributed by atoms with Crippen LogP contribution in [-0.4, -0.2) is 39.9 Å². The summed E-state index contributed by atoms with van der Waals surface area (Å²) < 4.78 is 19.6. The number of methoxy groups -OCH3 is 1. The molecule has 0 radical (unpaired) electrons. The fraction of sp³-hybridized carbons (Fsp3) is 0.318. The number of amides is 1. The van der Waals surface area contributed by atoms with Crippen LogP contribution in [0.5, 0.6) is 5.75 Å². The maximum Gasteiger partial charge on any atom is 0.328 e. The molecule has 0 saturated heterocycles. The van der Waals surface area contributed by atoms with Crippen molar-refractivity contribution >= 4 is 22.8 Å². The number of ether oxygens (including phenoxy) is 1. The number of carbonyl (C=O) groups is 2. The fourth-order valence-electron chi connectivity index (χ4n) is 3.16. The van der Waals surface area contributed by atoms with Crippen molar-refractivity contribution in [2.24, 2.45) is 5.41 Å². The molecule has 2 N–H and O–H groups in total. The van der Waals surface area contributed by atoms with Crippen molar-refractivity contribution in [3.8, 4) is 5.75 Å². The van der Waals surface area contributed by atoms with Crippen molar-refractivity contribution in [1.29, 1.82) is 0 Å². The van der Waals surface area contributed by atoms with Crippen LogP contribution in [0.25, 0.3) is 10.9 Å². The quantitative estimate of drug-likeness (QED) is 0.627. The van der Waals surface area contributed by atoms with Crippen LogP contribution >= 0.6 is 0 Å². The molecular formula is C22H24FN3O4. The van der Waals surface area contributed by atoms with Crippen LogP contribution in [0.2, 0.25) is 0 Å². The highest BCUT2D eigenvalue weighted by Crippen LogP contribution is 2.26. The molecule has 0 aliphatic rings. The van der Waals surface area contributed by atoms with E-state index in [1.54, 1.807) is 22.9 Å². The Morgan fingerprint density at radius 1 is 1.20 bits per heavy atom. The second-order valence-electron chi connectivity index (χ2n) is 8.13. The third-order valence-corrected chi connectivity index (χ3v) is 4.77. The molecule has 7 nitrogen and oxygen atoms in total. The molecule has 3 aromatic rings. The number of nitrogens with zero attached hydrogens (tertiary/aromatic N) is 2. The first-order chi connectivity index (χ1) is 14.1. The molecular weight excluding hydrogens is 389 g/mol. The molecule has 0 fully saturated rings. The van der Waals surface area contributed by atoms with Gasteiger partial charge in [0.25, 0.3) is 5.91 Å². The zero-order chi connectivity index (χ0) is 22.1. The third kappa shape index (κ3) is 4.42. The maximum atomic E-state index is 13.2. The number of halogens is 1. The summed E-state index contributed by atoms with van der Waals surface area (Å²) in [5.74, 6) is -1.41. The number of aromatic hydroxyl groups is 1. The second kappa shape index (κ2) is 8.14. The Bertz CT molecular complexity index is 1080. The second-order valence-corrected chi connectivity index (χ2v) is 8.13. The Labute approximate surface area is 173 Å². The molecule has 1 unspecified atom stereocenters. The molecule has 0 bridgehead atoms. The van der Waals surface area contributed by atoms with E-state index in [1.807, 2.05) is 20.8 Å². The number of fused-ring (bicyclic) bond motifs is 1. The average Bonchev–Trinajstić information content (AvgIpc) is 3.04. The van der Waals surface area contributed by atoms with E-state index in [0.717, 1.165) is 5.56 Å². The van der Waals surface area contributed by atoms with Gasteiger partial charge in [-0.25, -0.2) is 9.18 Å². The molecule has 8 heteroatoms. The van der Waals surface area contributed by atoms with Crippen molar-refractivity contribution in [2.45, 2.75) is 33.4 Å². The summed E-state index contributed by atoms with van der Waals surface area (Å²) in [5, 5.41) is 17.6. The number of phenolic OH excluding ortho intramolecular Hbond substituents is 1. The van der Waals surface area contributed by atoms with Gasteiger partial charge in [-0.3, -0.25) is 9.48 Å². The van der Waals surface area contributed by atoms with Gasteiger partial charge in [-0.2, -0.15) is 5.10 Å². The highest BCUT2D eigenvalue weighted by Gasteiger charge is 2.34. The number of phenols is 1. The van der Waals surface area contributed by atoms with Crippen LogP contribution in [0.4, 0.5) is 4.39 Å². The van der Waals surface area contributed by atoms with E-state index >= 15 is 0 Å². The summed E-state index contributed by atoms with van der Waals surface area (Å²) in [6.45, 7) is 5.72. The zero-order valence-corrected chi connectivity index (χ0v) is 17.3. The Hall–Kier alpha value is -3.42. The normalized spacial score (nSPS) is 12.6. The van der Waals surface area contributed by atoms with Crippen LogP contribution in [0, 0.1) is 11.2 Å². The molecule has 0 saturated carbocycles. The number of hydrogen-bond donors (Lipinski definition) is 2. The Balaban J connectivity index is 2.00. The highest BCUT2D eigenvalue weighted by molar-refractivity contribution is 6.06. The summed E-state index contributed by atoms with van der Waals surface area (Å²) in [4.78, 5) is 25.2. The first kappa shape index (κ1) is 21.3. The standard InChI is InChI=1S/C22H24FN3O4/c1-22(2,3)19(21(29)30-4)24-20(28)18-16-10-9-15(27)11-17(16)26(25-18)12-13-5-7-14(23)8-6-13/h5-11,19,27H,12H2,1-4H3,(H,24,28). The third-order valence-electron chi connectivity index (χ3n) is 4.77. The topological polar surface area (TPSA) is 93.5 Å². The molecule has 0 aliphatic carbocycles. The lowest BCUT2D eigenvalue weighted by Crippen LogP contribution is -2.49. The van der Waals surface area contributed by atoms with Crippen LogP contribution in [0.3, 0.4) is 0 Å². The molecule has 3 rings (SSSR count). The number of carbonyl (C=O) groups excluding carboxylic acids is 2. The predicted octanol–water partition coefficient (Wildman–Crippen LogP) is 3.25. The molecule has 1 heterocycles. The number of esters is 1. The van der Waals surface area contributed by atoms with E-state index in [4.69, 9.17) is 4.74 Å². The summed E-state index contributed by atoms with van der Waals surface area (Å²) in [6, 6.07) is 9.63. The Morgan fingerprint density at radius 3 is 2.47 bits per heavy atom. The van der Waals surface area contributed by atoms with E-state index in [1.165, 1.54) is 31.4 Å². The van der Waals surface area contributed by atoms with Gasteiger partial charge in [0, 0.05) is 11.5 Å². The van der Waals surface area contributed by atoms with Crippen LogP contribution in [0.15, 0.2) is 42.5 Å². The van der Waals surface area contributed by atoms with Gasteiger partial charge in [-0.05, 0) is 35.2 Å². The highest BCUT2D eigenvalue weighted by atomic mass is 19.1. The number of nitrogens with one attached hydrogen (secondary N) is 1. The molecule has 1 aromatic heterocycles. The van der Waals surface area contributed by atoms with Gasteiger partial charge in [0.1, 0.15) is 17.6 Å². The summed E-state index contributed by atoms with van der Waals surface area (Å²) in [6.07, 6.45) is 0. The van der Waals surface area contributed by atoms with E-state index < -0.39 is 23.3 Å². The molecule has 158 valence electrons. The summed E-state index contributed by atoms with van der Waals surface area (Å²) >= 11 is 0. The lowest BCUT2D eigenvalue weighted by atomic mass is 9.86. The van der Waals surface area contributed by atoms with Gasteiger partial charge >= 0.3 is 5.97 Å². The minimum Gasteiger partial charge on any atom is -0.508 e. The van der Waals surface area contributed by atoms with Gasteiger partial charge in [-0.15, -0.1) is 0 Å². The lowest BCUT2D eigenvalue weighted by Gasteiger charge is -2.28. The largest absolute Gasteiger partial charge is 0.508 e. The number of benzene rings is 2. The van der Waals surface area contributed by atoms with E-state index in [-0.39, 0.29) is 23.8 Å². The van der Waals surface area contributed by atoms with E-state index in [2.05, 4.69) is 10.4 Å². The Morgan fingerprint density at radius 2 is 1.87 bits per heavy atom. The predicted molar refractivity (Wildman–Crippen MR) is 110 cm³/mol. The first-order valence-corrected chi connectivity index (χ1v) is 9.43. The van der Waals surface area contributed by atoms with Gasteiger partial charge in [-0.1, -0.05) is 32.9 Å². The van der Waals surface area contributed by atoms with Gasteiger partial charge in [0.15, 0.2) is 5.69 Å². The van der Waals surface area contributed by atoms with Crippen molar-refractivity contribution in [3.05, 3.63) is 59.5 Å². The van der Waals surface area contributed by atoms with Crippen molar-refractivity contribution < 1.29 is 23.8 Å². The first-order valence-electron chi connectivity index (χ1n) is 9.43.